The van der Waals surface area contributed by atoms with Gasteiger partial charge in [0.05, 0.1) is 10.8 Å². The van der Waals surface area contributed by atoms with Crippen LogP contribution in [0.1, 0.15) is 66.8 Å². The molecule has 0 bridgehead atoms. The Morgan fingerprint density at radius 3 is 0.833 bits per heavy atom. The van der Waals surface area contributed by atoms with Crippen molar-refractivity contribution in [2.75, 3.05) is 0 Å². The van der Waals surface area contributed by atoms with Gasteiger partial charge in [-0.1, -0.05) is 158 Å². The molecule has 0 heterocycles. The quantitative estimate of drug-likeness (QED) is 0.185. The van der Waals surface area contributed by atoms with Gasteiger partial charge in [-0.25, -0.2) is 0 Å². The van der Waals surface area contributed by atoms with Crippen molar-refractivity contribution < 1.29 is 0 Å². The Kier molecular flexibility index (Phi) is 6.30. The van der Waals surface area contributed by atoms with Gasteiger partial charge in [-0.3, -0.25) is 0 Å². The van der Waals surface area contributed by atoms with Crippen molar-refractivity contribution in [1.29, 1.82) is 0 Å². The highest BCUT2D eigenvalue weighted by Gasteiger charge is 2.48. The van der Waals surface area contributed by atoms with Gasteiger partial charge in [-0.15, -0.1) is 0 Å². The Bertz CT molecular complexity index is 2130. The molecule has 0 amide bonds. The Balaban J connectivity index is 1.34. The lowest BCUT2D eigenvalue weighted by molar-refractivity contribution is 0.748. The zero-order valence-electron chi connectivity index (χ0n) is 28.0. The molecular weight excluding hydrogens is 577 g/mol. The van der Waals surface area contributed by atoms with Gasteiger partial charge in [0.1, 0.15) is 0 Å². The third-order valence-corrected chi connectivity index (χ3v) is 11.5. The first kappa shape index (κ1) is 28.7. The fraction of sp³-hybridized carbons (Fsp3) is 0.125. The van der Waals surface area contributed by atoms with Crippen LogP contribution in [0.3, 0.4) is 0 Å². The van der Waals surface area contributed by atoms with Crippen molar-refractivity contribution in [1.82, 2.24) is 0 Å². The first-order valence-corrected chi connectivity index (χ1v) is 17.1. The molecule has 0 nitrogen and oxygen atoms in total. The second-order valence-corrected chi connectivity index (χ2v) is 13.9. The lowest BCUT2D eigenvalue weighted by Gasteiger charge is -2.37. The van der Waals surface area contributed by atoms with Gasteiger partial charge in [0.25, 0.3) is 0 Å². The lowest BCUT2D eigenvalue weighted by atomic mass is 9.65. The molecule has 0 aliphatic heterocycles. The van der Waals surface area contributed by atoms with E-state index in [0.29, 0.717) is 0 Å². The third kappa shape index (κ3) is 3.72. The zero-order chi connectivity index (χ0) is 32.6. The molecular formula is C48H38. The first-order chi connectivity index (χ1) is 23.5. The lowest BCUT2D eigenvalue weighted by Crippen LogP contribution is -2.31. The molecule has 7 aromatic carbocycles. The molecule has 2 aliphatic rings. The minimum Gasteiger partial charge on any atom is -0.0619 e. The molecule has 0 unspecified atom stereocenters. The van der Waals surface area contributed by atoms with Gasteiger partial charge in [0, 0.05) is 0 Å². The summed E-state index contributed by atoms with van der Waals surface area (Å²) in [5.74, 6) is 0. The highest BCUT2D eigenvalue weighted by atomic mass is 14.5. The Morgan fingerprint density at radius 1 is 0.271 bits per heavy atom. The average Bonchev–Trinajstić information content (AvgIpc) is 3.60. The van der Waals surface area contributed by atoms with Crippen LogP contribution in [-0.4, -0.2) is 0 Å². The van der Waals surface area contributed by atoms with Gasteiger partial charge < -0.3 is 0 Å². The van der Waals surface area contributed by atoms with Crippen LogP contribution in [0.5, 0.6) is 0 Å². The standard InChI is InChI=1S/C48H38/c1-31-21-23-37(29-33(31)3)47(43-17-9-5-13-39(43)40-14-6-10-18-44(40)47)35-25-27-36(28-26-35)48(38-24-22-32(2)34(4)30-38)45-19-11-7-15-41(45)42-16-8-12-20-46(42)48/h5-30H,1-4H3. The summed E-state index contributed by atoms with van der Waals surface area (Å²) >= 11 is 0. The number of benzene rings is 7. The summed E-state index contributed by atoms with van der Waals surface area (Å²) in [6.45, 7) is 8.90. The fourth-order valence-corrected chi connectivity index (χ4v) is 8.97. The van der Waals surface area contributed by atoms with E-state index in [2.05, 4.69) is 185 Å². The number of rotatable bonds is 4. The van der Waals surface area contributed by atoms with Crippen LogP contribution in [0.4, 0.5) is 0 Å². The second-order valence-electron chi connectivity index (χ2n) is 13.9. The summed E-state index contributed by atoms with van der Waals surface area (Å²) < 4.78 is 0. The second kappa shape index (κ2) is 10.5. The molecule has 0 fully saturated rings. The smallest absolute Gasteiger partial charge is 0.0619 e. The van der Waals surface area contributed by atoms with Gasteiger partial charge >= 0.3 is 0 Å². The van der Waals surface area contributed by atoms with Crippen LogP contribution < -0.4 is 0 Å². The predicted octanol–water partition coefficient (Wildman–Crippen LogP) is 11.6. The molecule has 230 valence electrons. The Labute approximate surface area is 284 Å². The van der Waals surface area contributed by atoms with E-state index in [9.17, 15) is 0 Å². The number of fused-ring (bicyclic) bond motifs is 6. The zero-order valence-corrected chi connectivity index (χ0v) is 28.0. The minimum absolute atomic E-state index is 0.427. The minimum atomic E-state index is -0.427. The van der Waals surface area contributed by atoms with E-state index in [1.54, 1.807) is 0 Å². The van der Waals surface area contributed by atoms with Crippen LogP contribution in [0.2, 0.25) is 0 Å². The average molecular weight is 615 g/mol. The van der Waals surface area contributed by atoms with Crippen molar-refractivity contribution in [3.05, 3.63) is 224 Å². The van der Waals surface area contributed by atoms with E-state index in [1.807, 2.05) is 0 Å². The van der Waals surface area contributed by atoms with Crippen molar-refractivity contribution >= 4 is 0 Å². The maximum Gasteiger partial charge on any atom is 0.0713 e. The summed E-state index contributed by atoms with van der Waals surface area (Å²) in [5, 5.41) is 0. The molecule has 0 spiro atoms. The molecule has 0 atom stereocenters. The van der Waals surface area contributed by atoms with Gasteiger partial charge in [-0.05, 0) is 117 Å². The van der Waals surface area contributed by atoms with E-state index in [0.717, 1.165) is 0 Å². The number of hydrogen-bond donors (Lipinski definition) is 0. The van der Waals surface area contributed by atoms with Crippen molar-refractivity contribution in [3.8, 4) is 22.3 Å². The van der Waals surface area contributed by atoms with Crippen LogP contribution in [-0.2, 0) is 10.8 Å². The summed E-state index contributed by atoms with van der Waals surface area (Å²) in [6.07, 6.45) is 0. The molecule has 2 aliphatic carbocycles. The van der Waals surface area contributed by atoms with Crippen molar-refractivity contribution in [2.24, 2.45) is 0 Å². The topological polar surface area (TPSA) is 0 Å². The summed E-state index contributed by atoms with van der Waals surface area (Å²) in [7, 11) is 0. The van der Waals surface area contributed by atoms with Crippen molar-refractivity contribution in [3.63, 3.8) is 0 Å². The molecule has 0 saturated heterocycles. The summed E-state index contributed by atoms with van der Waals surface area (Å²) in [5.41, 5.74) is 20.3. The molecule has 48 heavy (non-hydrogen) atoms. The SMILES string of the molecule is Cc1ccc(C2(c3ccc(C4(c5ccc(C)c(C)c5)c5ccccc5-c5ccccc54)cc3)c3ccccc3-c3ccccc32)cc1C. The molecule has 0 aromatic heterocycles. The van der Waals surface area contributed by atoms with Gasteiger partial charge in [0.2, 0.25) is 0 Å². The van der Waals surface area contributed by atoms with E-state index in [-0.39, 0.29) is 0 Å². The van der Waals surface area contributed by atoms with Gasteiger partial charge in [0.15, 0.2) is 0 Å². The maximum atomic E-state index is 2.43. The highest BCUT2D eigenvalue weighted by Crippen LogP contribution is 2.59. The van der Waals surface area contributed by atoms with E-state index >= 15 is 0 Å². The molecule has 0 N–H and O–H groups in total. The monoisotopic (exact) mass is 614 g/mol. The molecule has 9 rings (SSSR count). The van der Waals surface area contributed by atoms with Gasteiger partial charge in [-0.2, -0.15) is 0 Å². The Morgan fingerprint density at radius 2 is 0.542 bits per heavy atom. The van der Waals surface area contributed by atoms with E-state index < -0.39 is 10.8 Å². The normalized spacial score (nSPS) is 14.6. The molecule has 0 radical (unpaired) electrons. The van der Waals surface area contributed by atoms with Crippen LogP contribution >= 0.6 is 0 Å². The Hall–Kier alpha value is -5.46. The summed E-state index contributed by atoms with van der Waals surface area (Å²) in [4.78, 5) is 0. The molecule has 0 saturated carbocycles. The van der Waals surface area contributed by atoms with E-state index in [4.69, 9.17) is 0 Å². The molecule has 0 heteroatoms. The highest BCUT2D eigenvalue weighted by molar-refractivity contribution is 5.88. The van der Waals surface area contributed by atoms with Crippen LogP contribution in [0.25, 0.3) is 22.3 Å². The predicted molar refractivity (Wildman–Crippen MR) is 200 cm³/mol. The number of hydrogen-bond acceptors (Lipinski definition) is 0. The third-order valence-electron chi connectivity index (χ3n) is 11.5. The first-order valence-electron chi connectivity index (χ1n) is 17.1. The maximum absolute atomic E-state index is 2.43. The van der Waals surface area contributed by atoms with E-state index in [1.165, 1.54) is 89.0 Å². The fourth-order valence-electron chi connectivity index (χ4n) is 8.97. The largest absolute Gasteiger partial charge is 0.0713 e. The van der Waals surface area contributed by atoms with Crippen LogP contribution in [0, 0.1) is 27.7 Å². The molecule has 7 aromatic rings. The van der Waals surface area contributed by atoms with Crippen molar-refractivity contribution in [2.45, 2.75) is 38.5 Å². The van der Waals surface area contributed by atoms with Crippen LogP contribution in [0.15, 0.2) is 158 Å². The number of aryl methyl sites for hydroxylation is 4. The summed E-state index contributed by atoms with van der Waals surface area (Å²) in [6, 6.07) is 60.0.